The Bertz CT molecular complexity index is 830. The summed E-state index contributed by atoms with van der Waals surface area (Å²) < 4.78 is 5.57. The van der Waals surface area contributed by atoms with Gasteiger partial charge in [0.2, 0.25) is 5.43 Å². The van der Waals surface area contributed by atoms with E-state index in [2.05, 4.69) is 0 Å². The molecule has 0 amide bonds. The summed E-state index contributed by atoms with van der Waals surface area (Å²) in [5.74, 6) is -0.121. The van der Waals surface area contributed by atoms with Crippen LogP contribution < -0.4 is 5.43 Å². The molecule has 18 heavy (non-hydrogen) atoms. The second-order valence-electron chi connectivity index (χ2n) is 4.27. The van der Waals surface area contributed by atoms with E-state index >= 15 is 0 Å². The van der Waals surface area contributed by atoms with Gasteiger partial charge >= 0.3 is 0 Å². The Balaban J connectivity index is 2.61. The van der Waals surface area contributed by atoms with Gasteiger partial charge in [0.1, 0.15) is 28.1 Å². The number of phenols is 2. The van der Waals surface area contributed by atoms with Gasteiger partial charge in [0, 0.05) is 0 Å². The van der Waals surface area contributed by atoms with Crippen LogP contribution in [-0.4, -0.2) is 10.2 Å². The fraction of sp³-hybridized carbons (Fsp3) is 0.0714. The lowest BCUT2D eigenvalue weighted by Crippen LogP contribution is -2.02. The number of rotatable bonds is 0. The summed E-state index contributed by atoms with van der Waals surface area (Å²) in [5.41, 5.74) is 1.19. The second kappa shape index (κ2) is 3.50. The molecule has 1 heterocycles. The van der Waals surface area contributed by atoms with Gasteiger partial charge in [-0.1, -0.05) is 0 Å². The number of aryl methyl sites for hydroxylation is 1. The van der Waals surface area contributed by atoms with Gasteiger partial charge in [-0.15, -0.1) is 0 Å². The first-order valence-electron chi connectivity index (χ1n) is 5.45. The first-order chi connectivity index (χ1) is 8.56. The highest BCUT2D eigenvalue weighted by molar-refractivity contribution is 5.93. The molecule has 0 spiro atoms. The smallest absolute Gasteiger partial charge is 0.204 e. The van der Waals surface area contributed by atoms with E-state index in [9.17, 15) is 15.0 Å². The second-order valence-corrected chi connectivity index (χ2v) is 4.27. The zero-order valence-electron chi connectivity index (χ0n) is 9.60. The van der Waals surface area contributed by atoms with Crippen molar-refractivity contribution in [2.45, 2.75) is 6.92 Å². The van der Waals surface area contributed by atoms with Crippen LogP contribution in [0.3, 0.4) is 0 Å². The van der Waals surface area contributed by atoms with Crippen molar-refractivity contribution in [3.05, 3.63) is 46.1 Å². The average Bonchev–Trinajstić information content (AvgIpc) is 2.29. The monoisotopic (exact) mass is 242 g/mol. The van der Waals surface area contributed by atoms with Gasteiger partial charge in [-0.3, -0.25) is 4.79 Å². The minimum absolute atomic E-state index is 0.0132. The fourth-order valence-corrected chi connectivity index (χ4v) is 2.08. The molecule has 0 radical (unpaired) electrons. The van der Waals surface area contributed by atoms with Crippen LogP contribution in [0.1, 0.15) is 5.56 Å². The van der Waals surface area contributed by atoms with Gasteiger partial charge in [0.15, 0.2) is 0 Å². The van der Waals surface area contributed by atoms with Crippen molar-refractivity contribution in [1.82, 2.24) is 0 Å². The summed E-state index contributed by atoms with van der Waals surface area (Å²) in [7, 11) is 0. The Morgan fingerprint density at radius 2 is 1.83 bits per heavy atom. The SMILES string of the molecule is Cc1cc(O)c2c(=O)c3cc(O)ccc3oc2c1. The number of hydrogen-bond acceptors (Lipinski definition) is 4. The highest BCUT2D eigenvalue weighted by Gasteiger charge is 2.12. The van der Waals surface area contributed by atoms with Crippen LogP contribution in [0.15, 0.2) is 39.5 Å². The van der Waals surface area contributed by atoms with Crippen LogP contribution in [0, 0.1) is 6.92 Å². The van der Waals surface area contributed by atoms with E-state index in [4.69, 9.17) is 4.42 Å². The zero-order chi connectivity index (χ0) is 12.9. The van der Waals surface area contributed by atoms with Gasteiger partial charge < -0.3 is 14.6 Å². The molecule has 4 nitrogen and oxygen atoms in total. The summed E-state index contributed by atoms with van der Waals surface area (Å²) >= 11 is 0. The van der Waals surface area contributed by atoms with E-state index in [0.29, 0.717) is 11.2 Å². The molecule has 0 saturated heterocycles. The molecule has 0 bridgehead atoms. The lowest BCUT2D eigenvalue weighted by Gasteiger charge is -2.04. The fourth-order valence-electron chi connectivity index (χ4n) is 2.08. The molecule has 2 N–H and O–H groups in total. The third kappa shape index (κ3) is 1.43. The van der Waals surface area contributed by atoms with Crippen LogP contribution in [-0.2, 0) is 0 Å². The largest absolute Gasteiger partial charge is 0.508 e. The maximum absolute atomic E-state index is 12.2. The van der Waals surface area contributed by atoms with Crippen LogP contribution in [0.25, 0.3) is 21.9 Å². The number of aromatic hydroxyl groups is 2. The van der Waals surface area contributed by atoms with Crippen molar-refractivity contribution >= 4 is 21.9 Å². The number of phenolic OH excluding ortho intramolecular Hbond substituents is 2. The van der Waals surface area contributed by atoms with Crippen LogP contribution >= 0.6 is 0 Å². The summed E-state index contributed by atoms with van der Waals surface area (Å²) in [6.45, 7) is 1.81. The minimum Gasteiger partial charge on any atom is -0.508 e. The molecular formula is C14H10O4. The quantitative estimate of drug-likeness (QED) is 0.594. The van der Waals surface area contributed by atoms with Gasteiger partial charge in [0.05, 0.1) is 5.39 Å². The molecule has 0 saturated carbocycles. The summed E-state index contributed by atoms with van der Waals surface area (Å²) in [5, 5.41) is 19.6. The first kappa shape index (κ1) is 10.7. The van der Waals surface area contributed by atoms with E-state index < -0.39 is 0 Å². The highest BCUT2D eigenvalue weighted by atomic mass is 16.3. The van der Waals surface area contributed by atoms with E-state index in [1.54, 1.807) is 13.0 Å². The molecule has 1 aromatic heterocycles. The minimum atomic E-state index is -0.348. The standard InChI is InChI=1S/C14H10O4/c1-7-4-10(16)13-12(5-7)18-11-3-2-8(15)6-9(11)14(13)17/h2-6,15-16H,1H3. The third-order valence-electron chi connectivity index (χ3n) is 2.88. The summed E-state index contributed by atoms with van der Waals surface area (Å²) in [4.78, 5) is 12.2. The Hall–Kier alpha value is -2.49. The van der Waals surface area contributed by atoms with Crippen molar-refractivity contribution in [3.8, 4) is 11.5 Å². The van der Waals surface area contributed by atoms with Gasteiger partial charge in [-0.25, -0.2) is 0 Å². The molecule has 3 aromatic rings. The third-order valence-corrected chi connectivity index (χ3v) is 2.88. The average molecular weight is 242 g/mol. The maximum Gasteiger partial charge on any atom is 0.204 e. The molecule has 0 aliphatic carbocycles. The highest BCUT2D eigenvalue weighted by Crippen LogP contribution is 2.27. The van der Waals surface area contributed by atoms with Crippen LogP contribution in [0.2, 0.25) is 0 Å². The summed E-state index contributed by atoms with van der Waals surface area (Å²) in [6, 6.07) is 7.52. The molecule has 3 rings (SSSR count). The van der Waals surface area contributed by atoms with E-state index in [0.717, 1.165) is 5.56 Å². The Morgan fingerprint density at radius 1 is 1.06 bits per heavy atom. The Labute approximate surface area is 102 Å². The molecule has 2 aromatic carbocycles. The number of hydrogen-bond donors (Lipinski definition) is 2. The van der Waals surface area contributed by atoms with Crippen LogP contribution in [0.4, 0.5) is 0 Å². The number of benzene rings is 2. The molecule has 0 unspecified atom stereocenters. The van der Waals surface area contributed by atoms with Crippen LogP contribution in [0.5, 0.6) is 11.5 Å². The summed E-state index contributed by atoms with van der Waals surface area (Å²) in [6.07, 6.45) is 0. The molecule has 0 aliphatic rings. The predicted molar refractivity (Wildman–Crippen MR) is 68.1 cm³/mol. The van der Waals surface area contributed by atoms with E-state index in [-0.39, 0.29) is 27.7 Å². The molecule has 4 heteroatoms. The normalized spacial score (nSPS) is 11.2. The zero-order valence-corrected chi connectivity index (χ0v) is 9.60. The molecule has 90 valence electrons. The lowest BCUT2D eigenvalue weighted by atomic mass is 10.1. The molecule has 0 aliphatic heterocycles. The van der Waals surface area contributed by atoms with Gasteiger partial charge in [-0.2, -0.15) is 0 Å². The number of fused-ring (bicyclic) bond motifs is 2. The van der Waals surface area contributed by atoms with E-state index in [1.807, 2.05) is 0 Å². The molecule has 0 atom stereocenters. The Kier molecular flexibility index (Phi) is 2.07. The molecular weight excluding hydrogens is 232 g/mol. The molecule has 0 fully saturated rings. The topological polar surface area (TPSA) is 70.7 Å². The predicted octanol–water partition coefficient (Wildman–Crippen LogP) is 2.67. The van der Waals surface area contributed by atoms with Gasteiger partial charge in [0.25, 0.3) is 0 Å². The van der Waals surface area contributed by atoms with Crippen molar-refractivity contribution in [1.29, 1.82) is 0 Å². The van der Waals surface area contributed by atoms with Crippen molar-refractivity contribution in [2.75, 3.05) is 0 Å². The first-order valence-corrected chi connectivity index (χ1v) is 5.45. The van der Waals surface area contributed by atoms with E-state index in [1.165, 1.54) is 24.3 Å². The maximum atomic E-state index is 12.2. The Morgan fingerprint density at radius 3 is 2.61 bits per heavy atom. The van der Waals surface area contributed by atoms with Crippen molar-refractivity contribution in [2.24, 2.45) is 0 Å². The van der Waals surface area contributed by atoms with Crippen molar-refractivity contribution in [3.63, 3.8) is 0 Å². The van der Waals surface area contributed by atoms with Gasteiger partial charge in [-0.05, 0) is 42.8 Å². The van der Waals surface area contributed by atoms with Crippen molar-refractivity contribution < 1.29 is 14.6 Å². The lowest BCUT2D eigenvalue weighted by molar-refractivity contribution is 0.475.